The Balaban J connectivity index is 2.05. The summed E-state index contributed by atoms with van der Waals surface area (Å²) in [6, 6.07) is 0.172. The van der Waals surface area contributed by atoms with Gasteiger partial charge < -0.3 is 10.6 Å². The van der Waals surface area contributed by atoms with Crippen molar-refractivity contribution in [3.63, 3.8) is 0 Å². The summed E-state index contributed by atoms with van der Waals surface area (Å²) in [6.07, 6.45) is 13.0. The van der Waals surface area contributed by atoms with Crippen LogP contribution in [0.1, 0.15) is 84.5 Å². The Bertz CT molecular complexity index is 331. The normalized spacial score (nSPS) is 21.4. The smallest absolute Gasteiger partial charge is 0.309 e. The zero-order valence-corrected chi connectivity index (χ0v) is 14.5. The number of unbranched alkanes of at least 4 members (excludes halogenated alkanes) is 6. The molecule has 0 radical (unpaired) electrons. The second kappa shape index (κ2) is 11.5. The summed E-state index contributed by atoms with van der Waals surface area (Å²) in [5, 5.41) is 5.63. The molecule has 4 nitrogen and oxygen atoms in total. The topological polar surface area (TPSA) is 58.2 Å². The largest absolute Gasteiger partial charge is 0.348 e. The maximum Gasteiger partial charge on any atom is 0.309 e. The molecule has 1 saturated carbocycles. The summed E-state index contributed by atoms with van der Waals surface area (Å²) in [5.41, 5.74) is 0. The lowest BCUT2D eigenvalue weighted by molar-refractivity contribution is -0.140. The molecule has 0 unspecified atom stereocenters. The van der Waals surface area contributed by atoms with Gasteiger partial charge in [0.2, 0.25) is 0 Å². The molecule has 1 rings (SSSR count). The number of carbonyl (C=O) groups is 2. The number of amides is 2. The second-order valence-corrected chi connectivity index (χ2v) is 6.72. The maximum atomic E-state index is 11.9. The van der Waals surface area contributed by atoms with Crippen molar-refractivity contribution in [2.24, 2.45) is 5.92 Å². The first-order valence-corrected chi connectivity index (χ1v) is 9.23. The van der Waals surface area contributed by atoms with Crippen molar-refractivity contribution in [3.05, 3.63) is 0 Å². The van der Waals surface area contributed by atoms with E-state index in [0.717, 1.165) is 32.1 Å². The molecular formula is C18H34N2O2. The van der Waals surface area contributed by atoms with Crippen molar-refractivity contribution in [2.75, 3.05) is 6.54 Å². The maximum absolute atomic E-state index is 11.9. The Morgan fingerprint density at radius 3 is 2.23 bits per heavy atom. The fourth-order valence-electron chi connectivity index (χ4n) is 3.13. The van der Waals surface area contributed by atoms with Crippen LogP contribution in [0.2, 0.25) is 0 Å². The lowest BCUT2D eigenvalue weighted by Crippen LogP contribution is -2.47. The Morgan fingerprint density at radius 1 is 0.909 bits per heavy atom. The summed E-state index contributed by atoms with van der Waals surface area (Å²) >= 11 is 0. The SMILES string of the molecule is CCCCCCCCCNC(=O)C(=O)N[C@H]1CCCC[C@@H]1C. The fraction of sp³-hybridized carbons (Fsp3) is 0.889. The van der Waals surface area contributed by atoms with Gasteiger partial charge in [-0.25, -0.2) is 0 Å². The minimum Gasteiger partial charge on any atom is -0.348 e. The number of nitrogens with one attached hydrogen (secondary N) is 2. The molecule has 2 atom stereocenters. The molecule has 2 amide bonds. The van der Waals surface area contributed by atoms with Gasteiger partial charge in [0, 0.05) is 12.6 Å². The van der Waals surface area contributed by atoms with E-state index in [1.54, 1.807) is 0 Å². The monoisotopic (exact) mass is 310 g/mol. The molecule has 0 heterocycles. The van der Waals surface area contributed by atoms with Gasteiger partial charge in [0.25, 0.3) is 0 Å². The molecule has 2 N–H and O–H groups in total. The van der Waals surface area contributed by atoms with Crippen LogP contribution in [0.25, 0.3) is 0 Å². The second-order valence-electron chi connectivity index (χ2n) is 6.72. The average Bonchev–Trinajstić information content (AvgIpc) is 2.52. The minimum atomic E-state index is -0.469. The van der Waals surface area contributed by atoms with Crippen molar-refractivity contribution in [1.29, 1.82) is 0 Å². The van der Waals surface area contributed by atoms with E-state index in [-0.39, 0.29) is 6.04 Å². The van der Waals surface area contributed by atoms with Crippen molar-refractivity contribution >= 4 is 11.8 Å². The highest BCUT2D eigenvalue weighted by atomic mass is 16.2. The summed E-state index contributed by atoms with van der Waals surface area (Å²) in [4.78, 5) is 23.6. The van der Waals surface area contributed by atoms with Crippen molar-refractivity contribution in [1.82, 2.24) is 10.6 Å². The van der Waals surface area contributed by atoms with Crippen LogP contribution in [0.4, 0.5) is 0 Å². The minimum absolute atomic E-state index is 0.172. The number of hydrogen-bond donors (Lipinski definition) is 2. The van der Waals surface area contributed by atoms with E-state index in [2.05, 4.69) is 24.5 Å². The van der Waals surface area contributed by atoms with Crippen molar-refractivity contribution < 1.29 is 9.59 Å². The zero-order valence-electron chi connectivity index (χ0n) is 14.5. The molecule has 0 spiro atoms. The van der Waals surface area contributed by atoms with Crippen LogP contribution in [0, 0.1) is 5.92 Å². The first-order chi connectivity index (χ1) is 10.6. The molecule has 1 aliphatic rings. The molecule has 22 heavy (non-hydrogen) atoms. The Labute approximate surface area is 135 Å². The van der Waals surface area contributed by atoms with Gasteiger partial charge in [-0.05, 0) is 25.2 Å². The van der Waals surface area contributed by atoms with Gasteiger partial charge in [0.15, 0.2) is 0 Å². The van der Waals surface area contributed by atoms with E-state index in [4.69, 9.17) is 0 Å². The van der Waals surface area contributed by atoms with E-state index in [9.17, 15) is 9.59 Å². The van der Waals surface area contributed by atoms with Gasteiger partial charge in [-0.3, -0.25) is 9.59 Å². The molecule has 1 fully saturated rings. The third kappa shape index (κ3) is 7.81. The molecule has 128 valence electrons. The molecule has 4 heteroatoms. The Hall–Kier alpha value is -1.06. The lowest BCUT2D eigenvalue weighted by atomic mass is 9.86. The Kier molecular flexibility index (Phi) is 9.93. The van der Waals surface area contributed by atoms with E-state index in [1.165, 1.54) is 38.5 Å². The summed E-state index contributed by atoms with van der Waals surface area (Å²) < 4.78 is 0. The predicted molar refractivity (Wildman–Crippen MR) is 90.6 cm³/mol. The third-order valence-corrected chi connectivity index (χ3v) is 4.70. The van der Waals surface area contributed by atoms with Gasteiger partial charge in [-0.2, -0.15) is 0 Å². The van der Waals surface area contributed by atoms with Crippen LogP contribution in [-0.2, 0) is 9.59 Å². The predicted octanol–water partition coefficient (Wildman–Crippen LogP) is 3.55. The standard InChI is InChI=1S/C18H34N2O2/c1-3-4-5-6-7-8-11-14-19-17(21)18(22)20-16-13-10-9-12-15(16)2/h15-16H,3-14H2,1-2H3,(H,19,21)(H,20,22)/t15-,16-/m0/s1. The van der Waals surface area contributed by atoms with Crippen molar-refractivity contribution in [2.45, 2.75) is 90.5 Å². The Morgan fingerprint density at radius 2 is 1.55 bits per heavy atom. The van der Waals surface area contributed by atoms with Gasteiger partial charge in [-0.1, -0.05) is 65.2 Å². The van der Waals surface area contributed by atoms with Gasteiger partial charge in [0.05, 0.1) is 0 Å². The van der Waals surface area contributed by atoms with Gasteiger partial charge in [0.1, 0.15) is 0 Å². The molecule has 0 saturated heterocycles. The molecule has 0 aromatic carbocycles. The first kappa shape index (κ1) is 19.0. The highest BCUT2D eigenvalue weighted by Gasteiger charge is 2.25. The third-order valence-electron chi connectivity index (χ3n) is 4.70. The molecule has 0 aliphatic heterocycles. The molecule has 1 aliphatic carbocycles. The van der Waals surface area contributed by atoms with Gasteiger partial charge >= 0.3 is 11.8 Å². The van der Waals surface area contributed by atoms with Crippen LogP contribution >= 0.6 is 0 Å². The van der Waals surface area contributed by atoms with Crippen LogP contribution in [-0.4, -0.2) is 24.4 Å². The quantitative estimate of drug-likeness (QED) is 0.505. The number of rotatable bonds is 9. The van der Waals surface area contributed by atoms with E-state index in [1.807, 2.05) is 0 Å². The molecule has 0 aromatic heterocycles. The number of hydrogen-bond acceptors (Lipinski definition) is 2. The van der Waals surface area contributed by atoms with E-state index >= 15 is 0 Å². The molecule has 0 bridgehead atoms. The van der Waals surface area contributed by atoms with Gasteiger partial charge in [-0.15, -0.1) is 0 Å². The summed E-state index contributed by atoms with van der Waals surface area (Å²) in [5.74, 6) is -0.445. The fourth-order valence-corrected chi connectivity index (χ4v) is 3.13. The number of carbonyl (C=O) groups excluding carboxylic acids is 2. The molecular weight excluding hydrogens is 276 g/mol. The first-order valence-electron chi connectivity index (χ1n) is 9.23. The summed E-state index contributed by atoms with van der Waals surface area (Å²) in [6.45, 7) is 4.98. The van der Waals surface area contributed by atoms with Crippen LogP contribution in [0.3, 0.4) is 0 Å². The van der Waals surface area contributed by atoms with E-state index in [0.29, 0.717) is 12.5 Å². The lowest BCUT2D eigenvalue weighted by Gasteiger charge is -2.29. The zero-order chi connectivity index (χ0) is 16.2. The highest BCUT2D eigenvalue weighted by Crippen LogP contribution is 2.23. The van der Waals surface area contributed by atoms with Crippen molar-refractivity contribution in [3.8, 4) is 0 Å². The molecule has 0 aromatic rings. The van der Waals surface area contributed by atoms with Crippen LogP contribution < -0.4 is 10.6 Å². The van der Waals surface area contributed by atoms with Crippen LogP contribution in [0.15, 0.2) is 0 Å². The van der Waals surface area contributed by atoms with Crippen LogP contribution in [0.5, 0.6) is 0 Å². The summed E-state index contributed by atoms with van der Waals surface area (Å²) in [7, 11) is 0. The highest BCUT2D eigenvalue weighted by molar-refractivity contribution is 6.35. The average molecular weight is 310 g/mol. The van der Waals surface area contributed by atoms with E-state index < -0.39 is 11.8 Å².